The van der Waals surface area contributed by atoms with Gasteiger partial charge in [0.1, 0.15) is 11.2 Å². The molecule has 22 heavy (non-hydrogen) atoms. The Labute approximate surface area is 127 Å². The highest BCUT2D eigenvalue weighted by atomic mass is 19.4. The first-order valence-corrected chi connectivity index (χ1v) is 8.42. The average molecular weight is 314 g/mol. The van der Waals surface area contributed by atoms with Crippen LogP contribution in [-0.2, 0) is 9.59 Å². The van der Waals surface area contributed by atoms with Gasteiger partial charge in [-0.25, -0.2) is 0 Å². The molecule has 0 saturated heterocycles. The number of hydrogen-bond donors (Lipinski definition) is 0. The standard InChI is InChI=1S/C17H21F3O2/c18-17(19,20)14(22)16(3-1-2-13(16)21)15-7-10-4-11(8-15)6-12(5-10)9-15/h10-12H,1-9H2. The summed E-state index contributed by atoms with van der Waals surface area (Å²) in [7, 11) is 0. The number of rotatable bonds is 2. The Morgan fingerprint density at radius 3 is 1.86 bits per heavy atom. The van der Waals surface area contributed by atoms with Gasteiger partial charge in [0, 0.05) is 6.42 Å². The monoisotopic (exact) mass is 314 g/mol. The molecule has 5 fully saturated rings. The van der Waals surface area contributed by atoms with Gasteiger partial charge in [0.25, 0.3) is 0 Å². The van der Waals surface area contributed by atoms with Gasteiger partial charge in [-0.3, -0.25) is 9.59 Å². The zero-order chi connectivity index (χ0) is 15.8. The first-order chi connectivity index (χ1) is 10.3. The molecule has 1 unspecified atom stereocenters. The van der Waals surface area contributed by atoms with E-state index in [1.807, 2.05) is 0 Å². The maximum atomic E-state index is 13.3. The predicted molar refractivity (Wildman–Crippen MR) is 73.0 cm³/mol. The van der Waals surface area contributed by atoms with Crippen molar-refractivity contribution < 1.29 is 22.8 Å². The first-order valence-electron chi connectivity index (χ1n) is 8.42. The van der Waals surface area contributed by atoms with Gasteiger partial charge in [-0.1, -0.05) is 0 Å². The van der Waals surface area contributed by atoms with Crippen molar-refractivity contribution in [1.82, 2.24) is 0 Å². The number of halogens is 3. The van der Waals surface area contributed by atoms with E-state index in [9.17, 15) is 22.8 Å². The topological polar surface area (TPSA) is 34.1 Å². The Morgan fingerprint density at radius 2 is 1.50 bits per heavy atom. The van der Waals surface area contributed by atoms with Crippen molar-refractivity contribution in [3.63, 3.8) is 0 Å². The van der Waals surface area contributed by atoms with E-state index in [0.29, 0.717) is 43.4 Å². The molecule has 0 aromatic heterocycles. The van der Waals surface area contributed by atoms with Crippen LogP contribution in [0.4, 0.5) is 13.2 Å². The van der Waals surface area contributed by atoms with E-state index in [4.69, 9.17) is 0 Å². The molecular formula is C17H21F3O2. The summed E-state index contributed by atoms with van der Waals surface area (Å²) in [5, 5.41) is 0. The van der Waals surface area contributed by atoms with Crippen molar-refractivity contribution in [1.29, 1.82) is 0 Å². The van der Waals surface area contributed by atoms with E-state index in [1.165, 1.54) is 0 Å². The fourth-order valence-corrected chi connectivity index (χ4v) is 6.78. The molecule has 0 radical (unpaired) electrons. The molecule has 5 aliphatic rings. The number of hydrogen-bond acceptors (Lipinski definition) is 2. The third kappa shape index (κ3) is 1.74. The summed E-state index contributed by atoms with van der Waals surface area (Å²) < 4.78 is 39.9. The summed E-state index contributed by atoms with van der Waals surface area (Å²) in [4.78, 5) is 24.9. The van der Waals surface area contributed by atoms with Crippen molar-refractivity contribution in [3.8, 4) is 0 Å². The summed E-state index contributed by atoms with van der Waals surface area (Å²) >= 11 is 0. The molecule has 122 valence electrons. The minimum atomic E-state index is -4.90. The number of Topliss-reactive ketones (excluding diaryl/α,β-unsaturated/α-hetero) is 2. The van der Waals surface area contributed by atoms with E-state index in [0.717, 1.165) is 19.3 Å². The van der Waals surface area contributed by atoms with Crippen LogP contribution in [0.3, 0.4) is 0 Å². The molecule has 0 aromatic rings. The van der Waals surface area contributed by atoms with Crippen LogP contribution in [0.2, 0.25) is 0 Å². The highest BCUT2D eigenvalue weighted by Gasteiger charge is 2.70. The van der Waals surface area contributed by atoms with E-state index in [1.54, 1.807) is 0 Å². The van der Waals surface area contributed by atoms with Crippen molar-refractivity contribution in [2.24, 2.45) is 28.6 Å². The van der Waals surface area contributed by atoms with Gasteiger partial charge < -0.3 is 0 Å². The number of carbonyl (C=O) groups excluding carboxylic acids is 2. The number of alkyl halides is 3. The van der Waals surface area contributed by atoms with Gasteiger partial charge in [0.2, 0.25) is 5.78 Å². The smallest absolute Gasteiger partial charge is 0.299 e. The first kappa shape index (κ1) is 14.7. The van der Waals surface area contributed by atoms with E-state index >= 15 is 0 Å². The lowest BCUT2D eigenvalue weighted by molar-refractivity contribution is -0.203. The summed E-state index contributed by atoms with van der Waals surface area (Å²) in [6.45, 7) is 0. The summed E-state index contributed by atoms with van der Waals surface area (Å²) in [6.07, 6.45) is 1.04. The van der Waals surface area contributed by atoms with Gasteiger partial charge in [-0.15, -0.1) is 0 Å². The molecule has 2 nitrogen and oxygen atoms in total. The van der Waals surface area contributed by atoms with Gasteiger partial charge in [0.05, 0.1) is 0 Å². The molecule has 0 spiro atoms. The fourth-order valence-electron chi connectivity index (χ4n) is 6.78. The molecule has 0 heterocycles. The second-order valence-electron chi connectivity index (χ2n) is 8.21. The summed E-state index contributed by atoms with van der Waals surface area (Å²) in [5.74, 6) is -0.867. The quantitative estimate of drug-likeness (QED) is 0.720. The number of carbonyl (C=O) groups is 2. The predicted octanol–water partition coefficient (Wildman–Crippen LogP) is 4.07. The largest absolute Gasteiger partial charge is 0.451 e. The summed E-state index contributed by atoms with van der Waals surface area (Å²) in [5.41, 5.74) is -2.44. The highest BCUT2D eigenvalue weighted by Crippen LogP contribution is 2.69. The molecule has 5 heteroatoms. The maximum Gasteiger partial charge on any atom is 0.451 e. The Kier molecular flexibility index (Phi) is 2.91. The van der Waals surface area contributed by atoms with Crippen molar-refractivity contribution in [3.05, 3.63) is 0 Å². The Bertz CT molecular complexity index is 501. The second kappa shape index (κ2) is 4.35. The van der Waals surface area contributed by atoms with Gasteiger partial charge in [0.15, 0.2) is 0 Å². The highest BCUT2D eigenvalue weighted by molar-refractivity contribution is 6.11. The molecule has 0 aromatic carbocycles. The Morgan fingerprint density at radius 1 is 1.00 bits per heavy atom. The molecule has 5 aliphatic carbocycles. The Balaban J connectivity index is 1.82. The van der Waals surface area contributed by atoms with Crippen LogP contribution < -0.4 is 0 Å². The fraction of sp³-hybridized carbons (Fsp3) is 0.882. The molecule has 4 bridgehead atoms. The SMILES string of the molecule is O=C1CCCC1(C(=O)C(F)(F)F)C12CC3CC(CC(C3)C1)C2. The van der Waals surface area contributed by atoms with E-state index in [-0.39, 0.29) is 12.8 Å². The number of ketones is 2. The van der Waals surface area contributed by atoms with Crippen LogP contribution in [-0.4, -0.2) is 17.7 Å². The third-order valence-corrected chi connectivity index (χ3v) is 7.02. The van der Waals surface area contributed by atoms with Gasteiger partial charge in [-0.05, 0) is 74.5 Å². The van der Waals surface area contributed by atoms with E-state index in [2.05, 4.69) is 0 Å². The zero-order valence-electron chi connectivity index (χ0n) is 12.5. The van der Waals surface area contributed by atoms with Crippen LogP contribution in [0.25, 0.3) is 0 Å². The summed E-state index contributed by atoms with van der Waals surface area (Å²) in [6, 6.07) is 0. The van der Waals surface area contributed by atoms with Crippen LogP contribution in [0.5, 0.6) is 0 Å². The second-order valence-corrected chi connectivity index (χ2v) is 8.21. The molecule has 1 atom stereocenters. The molecule has 5 saturated carbocycles. The van der Waals surface area contributed by atoms with Crippen molar-refractivity contribution in [2.45, 2.75) is 64.0 Å². The molecule has 0 amide bonds. The van der Waals surface area contributed by atoms with Crippen molar-refractivity contribution >= 4 is 11.6 Å². The minimum absolute atomic E-state index is 0.121. The minimum Gasteiger partial charge on any atom is -0.299 e. The normalized spacial score (nSPS) is 47.2. The van der Waals surface area contributed by atoms with Gasteiger partial charge in [-0.2, -0.15) is 13.2 Å². The van der Waals surface area contributed by atoms with E-state index < -0.39 is 28.6 Å². The molecule has 5 rings (SSSR count). The lowest BCUT2D eigenvalue weighted by Crippen LogP contribution is -2.61. The van der Waals surface area contributed by atoms with Gasteiger partial charge >= 0.3 is 6.18 Å². The Hall–Kier alpha value is -0.870. The lowest BCUT2D eigenvalue weighted by Gasteiger charge is -2.62. The molecule has 0 aliphatic heterocycles. The van der Waals surface area contributed by atoms with Crippen LogP contribution in [0.15, 0.2) is 0 Å². The van der Waals surface area contributed by atoms with Crippen LogP contribution in [0, 0.1) is 28.6 Å². The molecule has 0 N–H and O–H groups in total. The molecular weight excluding hydrogens is 293 g/mol. The average Bonchev–Trinajstić information content (AvgIpc) is 2.78. The van der Waals surface area contributed by atoms with Crippen molar-refractivity contribution in [2.75, 3.05) is 0 Å². The maximum absolute atomic E-state index is 13.3. The third-order valence-electron chi connectivity index (χ3n) is 7.02. The lowest BCUT2D eigenvalue weighted by atomic mass is 9.41. The zero-order valence-corrected chi connectivity index (χ0v) is 12.5. The van der Waals surface area contributed by atoms with Crippen LogP contribution in [0.1, 0.15) is 57.8 Å². The van der Waals surface area contributed by atoms with Crippen LogP contribution >= 0.6 is 0 Å².